The van der Waals surface area contributed by atoms with Gasteiger partial charge in [0.05, 0.1) is 15.7 Å². The molecule has 0 bridgehead atoms. The van der Waals surface area contributed by atoms with E-state index in [-0.39, 0.29) is 0 Å². The normalized spacial score (nSPS) is 15.4. The fourth-order valence-corrected chi connectivity index (χ4v) is 3.14. The van der Waals surface area contributed by atoms with E-state index in [1.165, 1.54) is 11.1 Å². The van der Waals surface area contributed by atoms with Gasteiger partial charge in [-0.1, -0.05) is 59.1 Å². The fraction of sp³-hybridized carbons (Fsp3) is 0.250. The first-order chi connectivity index (χ1) is 9.15. The maximum atomic E-state index is 6.23. The second-order valence-corrected chi connectivity index (χ2v) is 5.90. The summed E-state index contributed by atoms with van der Waals surface area (Å²) in [6.07, 6.45) is 0. The van der Waals surface area contributed by atoms with Crippen LogP contribution in [0, 0.1) is 6.92 Å². The summed E-state index contributed by atoms with van der Waals surface area (Å²) in [6.45, 7) is 4.07. The first-order valence-electron chi connectivity index (χ1n) is 6.40. The quantitative estimate of drug-likeness (QED) is 0.760. The predicted octanol–water partition coefficient (Wildman–Crippen LogP) is 4.91. The number of anilines is 1. The largest absolute Gasteiger partial charge is 0.368 e. The van der Waals surface area contributed by atoms with Crippen LogP contribution < -0.4 is 4.90 Å². The zero-order valence-electron chi connectivity index (χ0n) is 10.7. The molecule has 2 aromatic carbocycles. The fourth-order valence-electron chi connectivity index (χ4n) is 2.50. The molecule has 0 radical (unpaired) electrons. The molecule has 0 unspecified atom stereocenters. The van der Waals surface area contributed by atoms with Gasteiger partial charge in [-0.15, -0.1) is 0 Å². The molecule has 98 valence electrons. The number of hydrogen-bond donors (Lipinski definition) is 0. The van der Waals surface area contributed by atoms with E-state index in [0.717, 1.165) is 28.8 Å². The highest BCUT2D eigenvalue weighted by atomic mass is 35.5. The second kappa shape index (κ2) is 5.07. The van der Waals surface area contributed by atoms with Crippen molar-refractivity contribution >= 4 is 28.9 Å². The Kier molecular flexibility index (Phi) is 3.42. The Morgan fingerprint density at radius 3 is 2.11 bits per heavy atom. The van der Waals surface area contributed by atoms with Gasteiger partial charge in [0, 0.05) is 19.0 Å². The highest BCUT2D eigenvalue weighted by Crippen LogP contribution is 2.39. The van der Waals surface area contributed by atoms with Gasteiger partial charge in [-0.25, -0.2) is 0 Å². The molecule has 3 rings (SSSR count). The van der Waals surface area contributed by atoms with Crippen molar-refractivity contribution in [2.45, 2.75) is 12.8 Å². The van der Waals surface area contributed by atoms with Gasteiger partial charge in [0.25, 0.3) is 0 Å². The first-order valence-corrected chi connectivity index (χ1v) is 7.16. The van der Waals surface area contributed by atoms with Crippen molar-refractivity contribution in [1.82, 2.24) is 0 Å². The third-order valence-corrected chi connectivity index (χ3v) is 4.29. The summed E-state index contributed by atoms with van der Waals surface area (Å²) in [7, 11) is 0. The molecule has 1 saturated heterocycles. The molecule has 1 aliphatic rings. The highest BCUT2D eigenvalue weighted by molar-refractivity contribution is 6.39. The predicted molar refractivity (Wildman–Crippen MR) is 82.6 cm³/mol. The number of benzene rings is 2. The summed E-state index contributed by atoms with van der Waals surface area (Å²) in [6, 6.07) is 14.4. The van der Waals surface area contributed by atoms with E-state index in [4.69, 9.17) is 23.2 Å². The van der Waals surface area contributed by atoms with Crippen LogP contribution in [-0.4, -0.2) is 13.1 Å². The summed E-state index contributed by atoms with van der Waals surface area (Å²) in [5.74, 6) is 0.577. The lowest BCUT2D eigenvalue weighted by molar-refractivity contribution is 0.525. The zero-order valence-corrected chi connectivity index (χ0v) is 12.2. The minimum absolute atomic E-state index is 0.577. The average Bonchev–Trinajstić information content (AvgIpc) is 2.33. The Hall–Kier alpha value is -1.18. The molecule has 0 atom stereocenters. The van der Waals surface area contributed by atoms with Crippen molar-refractivity contribution in [3.63, 3.8) is 0 Å². The number of aryl methyl sites for hydroxylation is 1. The molecular formula is C16H15Cl2N. The minimum atomic E-state index is 0.577. The summed E-state index contributed by atoms with van der Waals surface area (Å²) in [5, 5.41) is 1.46. The number of para-hydroxylation sites is 1. The van der Waals surface area contributed by atoms with Crippen LogP contribution in [0.1, 0.15) is 17.0 Å². The summed E-state index contributed by atoms with van der Waals surface area (Å²) >= 11 is 12.5. The topological polar surface area (TPSA) is 3.24 Å². The van der Waals surface area contributed by atoms with Gasteiger partial charge in [0.2, 0.25) is 0 Å². The second-order valence-electron chi connectivity index (χ2n) is 5.08. The van der Waals surface area contributed by atoms with Crippen molar-refractivity contribution in [3.8, 4) is 0 Å². The highest BCUT2D eigenvalue weighted by Gasteiger charge is 2.30. The number of hydrogen-bond acceptors (Lipinski definition) is 1. The molecule has 19 heavy (non-hydrogen) atoms. The molecule has 3 heteroatoms. The van der Waals surface area contributed by atoms with Gasteiger partial charge in [0.15, 0.2) is 0 Å². The van der Waals surface area contributed by atoms with E-state index in [0.29, 0.717) is 5.92 Å². The molecule has 0 spiro atoms. The van der Waals surface area contributed by atoms with E-state index in [2.05, 4.69) is 36.1 Å². The van der Waals surface area contributed by atoms with Crippen LogP contribution in [0.15, 0.2) is 42.5 Å². The van der Waals surface area contributed by atoms with E-state index in [1.54, 1.807) is 0 Å². The standard InChI is InChI=1S/C16H15Cl2N/c1-11-5-7-12(8-6-11)13-9-19(10-13)16-14(17)3-2-4-15(16)18/h2-8,13H,9-10H2,1H3. The Morgan fingerprint density at radius 2 is 1.53 bits per heavy atom. The molecule has 1 aliphatic heterocycles. The molecule has 1 nitrogen and oxygen atoms in total. The van der Waals surface area contributed by atoms with Gasteiger partial charge >= 0.3 is 0 Å². The average molecular weight is 292 g/mol. The van der Waals surface area contributed by atoms with Crippen molar-refractivity contribution in [1.29, 1.82) is 0 Å². The van der Waals surface area contributed by atoms with E-state index in [9.17, 15) is 0 Å². The minimum Gasteiger partial charge on any atom is -0.368 e. The number of rotatable bonds is 2. The SMILES string of the molecule is Cc1ccc(C2CN(c3c(Cl)cccc3Cl)C2)cc1. The molecule has 0 N–H and O–H groups in total. The van der Waals surface area contributed by atoms with Crippen molar-refractivity contribution in [2.24, 2.45) is 0 Å². The third-order valence-electron chi connectivity index (χ3n) is 3.68. The van der Waals surface area contributed by atoms with Crippen molar-refractivity contribution in [2.75, 3.05) is 18.0 Å². The molecule has 0 saturated carbocycles. The molecule has 0 amide bonds. The van der Waals surface area contributed by atoms with Gasteiger partial charge in [-0.05, 0) is 24.6 Å². The van der Waals surface area contributed by atoms with Crippen molar-refractivity contribution in [3.05, 3.63) is 63.6 Å². The molecule has 1 fully saturated rings. The Labute approximate surface area is 123 Å². The lowest BCUT2D eigenvalue weighted by Gasteiger charge is -2.42. The third kappa shape index (κ3) is 2.45. The van der Waals surface area contributed by atoms with Crippen LogP contribution >= 0.6 is 23.2 Å². The van der Waals surface area contributed by atoms with Gasteiger partial charge in [-0.2, -0.15) is 0 Å². The zero-order chi connectivity index (χ0) is 13.4. The summed E-state index contributed by atoms with van der Waals surface area (Å²) in [5.41, 5.74) is 3.66. The lowest BCUT2D eigenvalue weighted by Crippen LogP contribution is -2.45. The molecule has 2 aromatic rings. The van der Waals surface area contributed by atoms with E-state index in [1.807, 2.05) is 18.2 Å². The molecule has 0 aromatic heterocycles. The van der Waals surface area contributed by atoms with E-state index < -0.39 is 0 Å². The van der Waals surface area contributed by atoms with Crippen LogP contribution in [0.3, 0.4) is 0 Å². The number of halogens is 2. The maximum absolute atomic E-state index is 6.23. The number of nitrogens with zero attached hydrogens (tertiary/aromatic N) is 1. The summed E-state index contributed by atoms with van der Waals surface area (Å²) < 4.78 is 0. The monoisotopic (exact) mass is 291 g/mol. The van der Waals surface area contributed by atoms with Crippen LogP contribution in [0.25, 0.3) is 0 Å². The van der Waals surface area contributed by atoms with Gasteiger partial charge < -0.3 is 4.90 Å². The smallest absolute Gasteiger partial charge is 0.0745 e. The van der Waals surface area contributed by atoms with Crippen LogP contribution in [0.5, 0.6) is 0 Å². The maximum Gasteiger partial charge on any atom is 0.0745 e. The van der Waals surface area contributed by atoms with Gasteiger partial charge in [-0.3, -0.25) is 0 Å². The summed E-state index contributed by atoms with van der Waals surface area (Å²) in [4.78, 5) is 2.25. The molecule has 1 heterocycles. The first kappa shape index (κ1) is 12.8. The van der Waals surface area contributed by atoms with Gasteiger partial charge in [0.1, 0.15) is 0 Å². The van der Waals surface area contributed by atoms with Crippen LogP contribution in [0.4, 0.5) is 5.69 Å². The molecule has 0 aliphatic carbocycles. The Balaban J connectivity index is 1.75. The van der Waals surface area contributed by atoms with Crippen molar-refractivity contribution < 1.29 is 0 Å². The Bertz CT molecular complexity index is 566. The molecular weight excluding hydrogens is 277 g/mol. The van der Waals surface area contributed by atoms with E-state index >= 15 is 0 Å². The Morgan fingerprint density at radius 1 is 0.947 bits per heavy atom. The van der Waals surface area contributed by atoms with Crippen LogP contribution in [0.2, 0.25) is 10.0 Å². The van der Waals surface area contributed by atoms with Crippen LogP contribution in [-0.2, 0) is 0 Å². The lowest BCUT2D eigenvalue weighted by atomic mass is 9.90.